The van der Waals surface area contributed by atoms with E-state index in [0.717, 1.165) is 22.4 Å². The van der Waals surface area contributed by atoms with E-state index in [4.69, 9.17) is 0 Å². The van der Waals surface area contributed by atoms with Gasteiger partial charge < -0.3 is 5.32 Å². The highest BCUT2D eigenvalue weighted by Crippen LogP contribution is 2.22. The van der Waals surface area contributed by atoms with Crippen molar-refractivity contribution in [2.24, 2.45) is 0 Å². The lowest BCUT2D eigenvalue weighted by molar-refractivity contribution is 0.102. The molecule has 3 nitrogen and oxygen atoms in total. The quantitative estimate of drug-likeness (QED) is 0.744. The molecule has 1 heterocycles. The van der Waals surface area contributed by atoms with E-state index in [2.05, 4.69) is 22.4 Å². The third-order valence-corrected chi connectivity index (χ3v) is 3.98. The van der Waals surface area contributed by atoms with Crippen LogP contribution < -0.4 is 5.32 Å². The number of anilines is 1. The van der Waals surface area contributed by atoms with Crippen molar-refractivity contribution < 1.29 is 4.79 Å². The number of aryl methyl sites for hydroxylation is 3. The van der Waals surface area contributed by atoms with Crippen LogP contribution in [-0.2, 0) is 0 Å². The maximum absolute atomic E-state index is 12.6. The average Bonchev–Trinajstić information content (AvgIpc) is 2.57. The van der Waals surface area contributed by atoms with Crippen LogP contribution in [0.3, 0.4) is 0 Å². The van der Waals surface area contributed by atoms with Crippen LogP contribution in [-0.4, -0.2) is 10.9 Å². The number of hydrogen-bond donors (Lipinski definition) is 1. The van der Waals surface area contributed by atoms with Crippen molar-refractivity contribution in [3.8, 4) is 11.1 Å². The molecule has 0 unspecified atom stereocenters. The molecular weight excluding hydrogens is 296 g/mol. The highest BCUT2D eigenvalue weighted by atomic mass is 16.1. The third kappa shape index (κ3) is 3.51. The largest absolute Gasteiger partial charge is 0.322 e. The van der Waals surface area contributed by atoms with Gasteiger partial charge in [0.2, 0.25) is 0 Å². The van der Waals surface area contributed by atoms with Gasteiger partial charge in [-0.15, -0.1) is 0 Å². The summed E-state index contributed by atoms with van der Waals surface area (Å²) >= 11 is 0. The minimum Gasteiger partial charge on any atom is -0.322 e. The van der Waals surface area contributed by atoms with Gasteiger partial charge in [0, 0.05) is 23.6 Å². The van der Waals surface area contributed by atoms with Gasteiger partial charge in [-0.25, -0.2) is 0 Å². The van der Waals surface area contributed by atoms with E-state index in [-0.39, 0.29) is 5.91 Å². The summed E-state index contributed by atoms with van der Waals surface area (Å²) in [6.45, 7) is 6.07. The minimum absolute atomic E-state index is 0.149. The second kappa shape index (κ2) is 6.67. The fraction of sp³-hybridized carbons (Fsp3) is 0.143. The molecule has 3 aromatic rings. The maximum Gasteiger partial charge on any atom is 0.257 e. The van der Waals surface area contributed by atoms with Gasteiger partial charge in [-0.3, -0.25) is 9.78 Å². The van der Waals surface area contributed by atoms with E-state index in [9.17, 15) is 4.79 Å². The molecule has 0 aliphatic heterocycles. The van der Waals surface area contributed by atoms with Gasteiger partial charge in [-0.05, 0) is 44.0 Å². The van der Waals surface area contributed by atoms with Crippen molar-refractivity contribution in [3.63, 3.8) is 0 Å². The first kappa shape index (κ1) is 15.9. The number of nitrogens with zero attached hydrogens (tertiary/aromatic N) is 1. The summed E-state index contributed by atoms with van der Waals surface area (Å²) in [5.41, 5.74) is 6.77. The van der Waals surface area contributed by atoms with Crippen molar-refractivity contribution in [1.29, 1.82) is 0 Å². The van der Waals surface area contributed by atoms with Crippen molar-refractivity contribution in [3.05, 3.63) is 83.2 Å². The van der Waals surface area contributed by atoms with E-state index in [1.165, 1.54) is 11.1 Å². The number of amides is 1. The van der Waals surface area contributed by atoms with Crippen LogP contribution in [0.1, 0.15) is 27.0 Å². The first-order valence-corrected chi connectivity index (χ1v) is 7.93. The Bertz CT molecular complexity index is 900. The van der Waals surface area contributed by atoms with E-state index in [1.54, 1.807) is 12.4 Å². The number of rotatable bonds is 3. The van der Waals surface area contributed by atoms with Crippen molar-refractivity contribution in [2.45, 2.75) is 20.8 Å². The molecule has 0 saturated heterocycles. The summed E-state index contributed by atoms with van der Waals surface area (Å²) in [4.78, 5) is 16.8. The molecule has 0 atom stereocenters. The van der Waals surface area contributed by atoms with Gasteiger partial charge in [0.1, 0.15) is 0 Å². The van der Waals surface area contributed by atoms with Crippen LogP contribution in [0.2, 0.25) is 0 Å². The van der Waals surface area contributed by atoms with Gasteiger partial charge in [0.15, 0.2) is 0 Å². The fourth-order valence-electron chi connectivity index (χ4n) is 2.69. The number of pyridine rings is 1. The molecule has 0 spiro atoms. The molecule has 3 rings (SSSR count). The minimum atomic E-state index is -0.149. The predicted octanol–water partition coefficient (Wildman–Crippen LogP) is 4.93. The summed E-state index contributed by atoms with van der Waals surface area (Å²) in [5.74, 6) is -0.149. The SMILES string of the molecule is Cc1cccc(-c2cncc(C(=O)Nc3ccc(C)cc3C)c2)c1. The van der Waals surface area contributed by atoms with Gasteiger partial charge >= 0.3 is 0 Å². The van der Waals surface area contributed by atoms with Gasteiger partial charge in [-0.1, -0.05) is 47.5 Å². The molecule has 0 aliphatic carbocycles. The van der Waals surface area contributed by atoms with Crippen molar-refractivity contribution in [1.82, 2.24) is 4.98 Å². The Hall–Kier alpha value is -2.94. The van der Waals surface area contributed by atoms with Crippen LogP contribution in [0.5, 0.6) is 0 Å². The van der Waals surface area contributed by atoms with Crippen LogP contribution in [0, 0.1) is 20.8 Å². The molecule has 2 aromatic carbocycles. The number of benzene rings is 2. The van der Waals surface area contributed by atoms with Crippen LogP contribution in [0.25, 0.3) is 11.1 Å². The molecule has 0 bridgehead atoms. The van der Waals surface area contributed by atoms with Crippen molar-refractivity contribution >= 4 is 11.6 Å². The zero-order valence-electron chi connectivity index (χ0n) is 14.1. The lowest BCUT2D eigenvalue weighted by Crippen LogP contribution is -2.13. The lowest BCUT2D eigenvalue weighted by Gasteiger charge is -2.10. The maximum atomic E-state index is 12.6. The number of carbonyl (C=O) groups excluding carboxylic acids is 1. The standard InChI is InChI=1S/C21H20N2O/c1-14-5-4-6-17(10-14)18-11-19(13-22-12-18)21(24)23-20-8-7-15(2)9-16(20)3/h4-13H,1-3H3,(H,23,24). The Morgan fingerprint density at radius 3 is 2.42 bits per heavy atom. The summed E-state index contributed by atoms with van der Waals surface area (Å²) in [6.07, 6.45) is 3.38. The lowest BCUT2D eigenvalue weighted by atomic mass is 10.0. The predicted molar refractivity (Wildman–Crippen MR) is 98.3 cm³/mol. The molecule has 0 fully saturated rings. The Morgan fingerprint density at radius 1 is 0.875 bits per heavy atom. The normalized spacial score (nSPS) is 10.5. The fourth-order valence-corrected chi connectivity index (χ4v) is 2.69. The van der Waals surface area contributed by atoms with E-state index in [0.29, 0.717) is 5.56 Å². The Balaban J connectivity index is 1.87. The van der Waals surface area contributed by atoms with Gasteiger partial charge in [0.05, 0.1) is 5.56 Å². The molecule has 120 valence electrons. The van der Waals surface area contributed by atoms with Crippen molar-refractivity contribution in [2.75, 3.05) is 5.32 Å². The van der Waals surface area contributed by atoms with E-state index >= 15 is 0 Å². The molecule has 24 heavy (non-hydrogen) atoms. The average molecular weight is 316 g/mol. The summed E-state index contributed by atoms with van der Waals surface area (Å²) in [6, 6.07) is 16.0. The van der Waals surface area contributed by atoms with Crippen LogP contribution in [0.4, 0.5) is 5.69 Å². The molecule has 1 aromatic heterocycles. The molecule has 1 amide bonds. The zero-order valence-corrected chi connectivity index (χ0v) is 14.1. The highest BCUT2D eigenvalue weighted by molar-refractivity contribution is 6.05. The molecule has 0 saturated carbocycles. The number of aromatic nitrogens is 1. The summed E-state index contributed by atoms with van der Waals surface area (Å²) in [7, 11) is 0. The Kier molecular flexibility index (Phi) is 4.43. The monoisotopic (exact) mass is 316 g/mol. The van der Waals surface area contributed by atoms with Crippen LogP contribution in [0.15, 0.2) is 60.9 Å². The number of hydrogen-bond acceptors (Lipinski definition) is 2. The molecule has 0 aliphatic rings. The zero-order chi connectivity index (χ0) is 17.1. The second-order valence-electron chi connectivity index (χ2n) is 6.10. The first-order valence-electron chi connectivity index (χ1n) is 7.93. The third-order valence-electron chi connectivity index (χ3n) is 3.98. The van der Waals surface area contributed by atoms with Gasteiger partial charge in [-0.2, -0.15) is 0 Å². The topological polar surface area (TPSA) is 42.0 Å². The second-order valence-corrected chi connectivity index (χ2v) is 6.10. The Morgan fingerprint density at radius 2 is 1.67 bits per heavy atom. The number of carbonyl (C=O) groups is 1. The van der Waals surface area contributed by atoms with E-state index in [1.807, 2.05) is 57.2 Å². The van der Waals surface area contributed by atoms with Gasteiger partial charge in [0.25, 0.3) is 5.91 Å². The summed E-state index contributed by atoms with van der Waals surface area (Å²) in [5, 5.41) is 2.96. The first-order chi connectivity index (χ1) is 11.5. The van der Waals surface area contributed by atoms with E-state index < -0.39 is 0 Å². The molecular formula is C21H20N2O. The number of nitrogens with one attached hydrogen (secondary N) is 1. The molecule has 0 radical (unpaired) electrons. The molecule has 3 heteroatoms. The summed E-state index contributed by atoms with van der Waals surface area (Å²) < 4.78 is 0. The van der Waals surface area contributed by atoms with Crippen LogP contribution >= 0.6 is 0 Å². The molecule has 1 N–H and O–H groups in total. The highest BCUT2D eigenvalue weighted by Gasteiger charge is 2.10. The smallest absolute Gasteiger partial charge is 0.257 e. The Labute approximate surface area is 142 Å².